The first-order valence-corrected chi connectivity index (χ1v) is 6.56. The van der Waals surface area contributed by atoms with Gasteiger partial charge in [-0.1, -0.05) is 19.4 Å². The summed E-state index contributed by atoms with van der Waals surface area (Å²) < 4.78 is 25.9. The van der Waals surface area contributed by atoms with Crippen molar-refractivity contribution in [3.63, 3.8) is 0 Å². The lowest BCUT2D eigenvalue weighted by Crippen LogP contribution is -2.23. The fourth-order valence-electron chi connectivity index (χ4n) is 0.871. The highest BCUT2D eigenvalue weighted by Crippen LogP contribution is 2.14. The lowest BCUT2D eigenvalue weighted by molar-refractivity contribution is 0.580. The van der Waals surface area contributed by atoms with E-state index in [4.69, 9.17) is 0 Å². The molecule has 74 valence electrons. The maximum atomic E-state index is 11.5. The van der Waals surface area contributed by atoms with Gasteiger partial charge >= 0.3 is 0 Å². The van der Waals surface area contributed by atoms with Gasteiger partial charge in [0.2, 0.25) is 10.0 Å². The van der Waals surface area contributed by atoms with Crippen LogP contribution in [-0.4, -0.2) is 15.0 Å². The van der Waals surface area contributed by atoms with Crippen LogP contribution in [0.4, 0.5) is 0 Å². The van der Waals surface area contributed by atoms with Gasteiger partial charge in [-0.25, -0.2) is 13.1 Å². The molecule has 0 saturated carbocycles. The van der Waals surface area contributed by atoms with E-state index in [0.29, 0.717) is 10.8 Å². The smallest absolute Gasteiger partial charge is 0.210 e. The fraction of sp³-hybridized carbons (Fsp3) is 0.500. The molecule has 1 aromatic rings. The molecule has 0 spiro atoms. The number of unbranched alkanes of at least 4 members (excludes halogenated alkanes) is 1. The van der Waals surface area contributed by atoms with Crippen molar-refractivity contribution in [3.8, 4) is 0 Å². The van der Waals surface area contributed by atoms with E-state index in [1.165, 1.54) is 11.3 Å². The quantitative estimate of drug-likeness (QED) is 0.768. The van der Waals surface area contributed by atoms with Gasteiger partial charge in [-0.3, -0.25) is 0 Å². The highest BCUT2D eigenvalue weighted by atomic mass is 32.2. The Morgan fingerprint density at radius 3 is 2.85 bits per heavy atom. The molecule has 13 heavy (non-hydrogen) atoms. The molecule has 1 N–H and O–H groups in total. The molecule has 0 aliphatic heterocycles. The van der Waals surface area contributed by atoms with E-state index >= 15 is 0 Å². The van der Waals surface area contributed by atoms with E-state index in [1.54, 1.807) is 17.5 Å². The second-order valence-electron chi connectivity index (χ2n) is 2.68. The first-order chi connectivity index (χ1) is 6.17. The molecular weight excluding hydrogens is 206 g/mol. The summed E-state index contributed by atoms with van der Waals surface area (Å²) in [5.74, 6) is 0. The van der Waals surface area contributed by atoms with Crippen LogP contribution in [0, 0.1) is 0 Å². The maximum absolute atomic E-state index is 11.5. The summed E-state index contributed by atoms with van der Waals surface area (Å²) in [6.07, 6.45) is 1.87. The molecule has 5 heteroatoms. The number of hydrogen-bond donors (Lipinski definition) is 1. The number of hydrogen-bond acceptors (Lipinski definition) is 3. The topological polar surface area (TPSA) is 46.2 Å². The highest BCUT2D eigenvalue weighted by Gasteiger charge is 2.13. The van der Waals surface area contributed by atoms with Crippen LogP contribution in [0.3, 0.4) is 0 Å². The Kier molecular flexibility index (Phi) is 3.90. The third-order valence-electron chi connectivity index (χ3n) is 1.58. The van der Waals surface area contributed by atoms with Crippen molar-refractivity contribution in [1.29, 1.82) is 0 Å². The molecule has 0 aliphatic rings. The number of thiophene rings is 1. The van der Waals surface area contributed by atoms with Crippen LogP contribution in [0.1, 0.15) is 19.8 Å². The number of rotatable bonds is 5. The molecule has 0 radical (unpaired) electrons. The first-order valence-electron chi connectivity index (χ1n) is 4.20. The highest BCUT2D eigenvalue weighted by molar-refractivity contribution is 7.91. The molecular formula is C8H13NO2S2. The fourth-order valence-corrected chi connectivity index (χ4v) is 2.98. The zero-order valence-corrected chi connectivity index (χ0v) is 9.12. The molecule has 0 atom stereocenters. The minimum atomic E-state index is -3.22. The molecule has 0 aliphatic carbocycles. The lowest BCUT2D eigenvalue weighted by Gasteiger charge is -2.02. The van der Waals surface area contributed by atoms with Crippen molar-refractivity contribution < 1.29 is 8.42 Å². The Bertz CT molecular complexity index is 329. The predicted octanol–water partition coefficient (Wildman–Crippen LogP) is 1.83. The number of sulfonamides is 1. The molecule has 0 saturated heterocycles. The molecule has 3 nitrogen and oxygen atoms in total. The lowest BCUT2D eigenvalue weighted by atomic mass is 10.3. The number of nitrogens with one attached hydrogen (secondary N) is 1. The van der Waals surface area contributed by atoms with Crippen molar-refractivity contribution >= 4 is 21.4 Å². The zero-order valence-electron chi connectivity index (χ0n) is 7.49. The minimum absolute atomic E-state index is 0.392. The predicted molar refractivity (Wildman–Crippen MR) is 54.4 cm³/mol. The van der Waals surface area contributed by atoms with Gasteiger partial charge in [0.25, 0.3) is 0 Å². The SMILES string of the molecule is CCCCNS(=O)(=O)c1cccs1. The van der Waals surface area contributed by atoms with Gasteiger partial charge in [0, 0.05) is 6.54 Å². The van der Waals surface area contributed by atoms with E-state index in [0.717, 1.165) is 12.8 Å². The Labute approximate surface area is 82.8 Å². The summed E-state index contributed by atoms with van der Waals surface area (Å²) >= 11 is 1.24. The molecule has 1 rings (SSSR count). The van der Waals surface area contributed by atoms with E-state index in [-0.39, 0.29) is 0 Å². The largest absolute Gasteiger partial charge is 0.250 e. The van der Waals surface area contributed by atoms with Crippen molar-refractivity contribution in [3.05, 3.63) is 17.5 Å². The Hall–Kier alpha value is -0.390. The second-order valence-corrected chi connectivity index (χ2v) is 5.62. The van der Waals surface area contributed by atoms with Gasteiger partial charge in [0.1, 0.15) is 4.21 Å². The minimum Gasteiger partial charge on any atom is -0.210 e. The van der Waals surface area contributed by atoms with Crippen LogP contribution in [0.25, 0.3) is 0 Å². The van der Waals surface area contributed by atoms with Crippen molar-refractivity contribution in [2.45, 2.75) is 24.0 Å². The summed E-state index contributed by atoms with van der Waals surface area (Å²) in [6.45, 7) is 2.55. The van der Waals surface area contributed by atoms with Crippen LogP contribution in [0.15, 0.2) is 21.7 Å². The zero-order chi connectivity index (χ0) is 9.73. The average molecular weight is 219 g/mol. The summed E-state index contributed by atoms with van der Waals surface area (Å²) in [5, 5.41) is 1.76. The van der Waals surface area contributed by atoms with Gasteiger partial charge < -0.3 is 0 Å². The van der Waals surface area contributed by atoms with E-state index < -0.39 is 10.0 Å². The molecule has 1 aromatic heterocycles. The molecule has 0 amide bonds. The van der Waals surface area contributed by atoms with Gasteiger partial charge in [0.05, 0.1) is 0 Å². The van der Waals surface area contributed by atoms with Crippen LogP contribution in [0.5, 0.6) is 0 Å². The summed E-state index contributed by atoms with van der Waals surface area (Å²) in [5.41, 5.74) is 0. The summed E-state index contributed by atoms with van der Waals surface area (Å²) in [6, 6.07) is 3.35. The van der Waals surface area contributed by atoms with Crippen LogP contribution >= 0.6 is 11.3 Å². The van der Waals surface area contributed by atoms with E-state index in [2.05, 4.69) is 4.72 Å². The second kappa shape index (κ2) is 4.74. The molecule has 0 aromatic carbocycles. The average Bonchev–Trinajstić information content (AvgIpc) is 2.56. The maximum Gasteiger partial charge on any atom is 0.250 e. The monoisotopic (exact) mass is 219 g/mol. The molecule has 1 heterocycles. The van der Waals surface area contributed by atoms with Gasteiger partial charge in [-0.2, -0.15) is 0 Å². The Balaban J connectivity index is 2.58. The molecule has 0 unspecified atom stereocenters. The van der Waals surface area contributed by atoms with Crippen LogP contribution in [0.2, 0.25) is 0 Å². The Morgan fingerprint density at radius 2 is 2.31 bits per heavy atom. The van der Waals surface area contributed by atoms with Crippen LogP contribution in [-0.2, 0) is 10.0 Å². The van der Waals surface area contributed by atoms with Gasteiger partial charge in [0.15, 0.2) is 0 Å². The first kappa shape index (κ1) is 10.7. The van der Waals surface area contributed by atoms with Crippen molar-refractivity contribution in [2.75, 3.05) is 6.54 Å². The molecule has 0 bridgehead atoms. The van der Waals surface area contributed by atoms with E-state index in [9.17, 15) is 8.42 Å². The van der Waals surface area contributed by atoms with Gasteiger partial charge in [-0.15, -0.1) is 11.3 Å². The van der Waals surface area contributed by atoms with E-state index in [1.807, 2.05) is 6.92 Å². The van der Waals surface area contributed by atoms with Gasteiger partial charge in [-0.05, 0) is 17.9 Å². The van der Waals surface area contributed by atoms with Crippen molar-refractivity contribution in [2.24, 2.45) is 0 Å². The summed E-state index contributed by atoms with van der Waals surface area (Å²) in [4.78, 5) is 0. The normalized spacial score (nSPS) is 11.8. The van der Waals surface area contributed by atoms with Crippen molar-refractivity contribution in [1.82, 2.24) is 4.72 Å². The molecule has 0 fully saturated rings. The third-order valence-corrected chi connectivity index (χ3v) is 4.44. The summed E-state index contributed by atoms with van der Waals surface area (Å²) in [7, 11) is -3.22. The standard InChI is InChI=1S/C8H13NO2S2/c1-2-3-6-9-13(10,11)8-5-4-7-12-8/h4-5,7,9H,2-3,6H2,1H3. The third kappa shape index (κ3) is 3.10. The van der Waals surface area contributed by atoms with Crippen LogP contribution < -0.4 is 4.72 Å². The Morgan fingerprint density at radius 1 is 1.54 bits per heavy atom.